The minimum absolute atomic E-state index is 0.0570. The number of hydrogen-bond donors (Lipinski definition) is 0. The van der Waals surface area contributed by atoms with E-state index >= 15 is 0 Å². The van der Waals surface area contributed by atoms with Gasteiger partial charge in [-0.15, -0.1) is 0 Å². The van der Waals surface area contributed by atoms with Gasteiger partial charge in [0.15, 0.2) is 0 Å². The summed E-state index contributed by atoms with van der Waals surface area (Å²) < 4.78 is 40.8. The summed E-state index contributed by atoms with van der Waals surface area (Å²) in [5.74, 6) is -0.927. The second-order valence-electron chi connectivity index (χ2n) is 3.13. The summed E-state index contributed by atoms with van der Waals surface area (Å²) in [7, 11) is 3.07. The van der Waals surface area contributed by atoms with E-state index in [0.29, 0.717) is 0 Å². The van der Waals surface area contributed by atoms with Crippen LogP contribution >= 0.6 is 0 Å². The molecule has 0 fully saturated rings. The molecule has 0 aromatic rings. The minimum Gasteiger partial charge on any atom is -0.463 e. The lowest BCUT2D eigenvalue weighted by Gasteiger charge is -2.12. The molecule has 3 nitrogen and oxygen atoms in total. The third kappa shape index (κ3) is 6.82. The average Bonchev–Trinajstić information content (AvgIpc) is 1.99. The third-order valence-electron chi connectivity index (χ3n) is 1.34. The van der Waals surface area contributed by atoms with E-state index < -0.39 is 24.1 Å². The lowest BCUT2D eigenvalue weighted by Crippen LogP contribution is -2.18. The number of ether oxygens (including phenoxy) is 1. The van der Waals surface area contributed by atoms with E-state index in [0.717, 1.165) is 6.20 Å². The normalized spacial score (nSPS) is 12.5. The molecule has 0 atom stereocenters. The molecule has 0 heterocycles. The van der Waals surface area contributed by atoms with Gasteiger partial charge < -0.3 is 9.64 Å². The van der Waals surface area contributed by atoms with Gasteiger partial charge in [-0.25, -0.2) is 4.79 Å². The van der Waals surface area contributed by atoms with Gasteiger partial charge in [0.2, 0.25) is 0 Å². The molecule has 0 N–H and O–H groups in total. The molecule has 0 rings (SSSR count). The van der Waals surface area contributed by atoms with E-state index in [1.165, 1.54) is 19.0 Å². The Morgan fingerprint density at radius 2 is 1.93 bits per heavy atom. The average molecular weight is 225 g/mol. The van der Waals surface area contributed by atoms with Crippen LogP contribution in [-0.2, 0) is 9.53 Å². The summed E-state index contributed by atoms with van der Waals surface area (Å²) in [6.45, 7) is 1.60. The van der Waals surface area contributed by atoms with Crippen LogP contribution < -0.4 is 0 Å². The minimum atomic E-state index is -4.41. The van der Waals surface area contributed by atoms with E-state index in [-0.39, 0.29) is 6.61 Å². The number of carbonyl (C=O) groups is 1. The van der Waals surface area contributed by atoms with Gasteiger partial charge in [-0.2, -0.15) is 13.2 Å². The second kappa shape index (κ2) is 5.63. The maximum Gasteiger partial charge on any atom is 0.393 e. The standard InChI is InChI=1S/C9H14F3NO2/c1-4-15-8(14)7(6-13(2)3)5-9(10,11)12/h6H,4-5H2,1-3H3. The first kappa shape index (κ1) is 13.8. The summed E-state index contributed by atoms with van der Waals surface area (Å²) in [4.78, 5) is 12.5. The summed E-state index contributed by atoms with van der Waals surface area (Å²) in [6, 6.07) is 0. The van der Waals surface area contributed by atoms with Gasteiger partial charge in [-0.3, -0.25) is 0 Å². The van der Waals surface area contributed by atoms with Crippen molar-refractivity contribution in [1.82, 2.24) is 4.90 Å². The zero-order chi connectivity index (χ0) is 12.1. The highest BCUT2D eigenvalue weighted by Gasteiger charge is 2.32. The van der Waals surface area contributed by atoms with Crippen LogP contribution in [0.2, 0.25) is 0 Å². The zero-order valence-electron chi connectivity index (χ0n) is 8.89. The molecule has 0 aliphatic carbocycles. The van der Waals surface area contributed by atoms with Crippen molar-refractivity contribution in [2.45, 2.75) is 19.5 Å². The van der Waals surface area contributed by atoms with Gasteiger partial charge >= 0.3 is 12.1 Å². The van der Waals surface area contributed by atoms with E-state index in [2.05, 4.69) is 4.74 Å². The fourth-order valence-corrected chi connectivity index (χ4v) is 0.922. The Hall–Kier alpha value is -1.20. The van der Waals surface area contributed by atoms with Gasteiger partial charge in [0.05, 0.1) is 18.6 Å². The molecule has 0 unspecified atom stereocenters. The van der Waals surface area contributed by atoms with Crippen LogP contribution in [0.3, 0.4) is 0 Å². The Balaban J connectivity index is 4.67. The molecule has 15 heavy (non-hydrogen) atoms. The lowest BCUT2D eigenvalue weighted by molar-refractivity contribution is -0.147. The molecule has 0 aromatic heterocycles. The summed E-state index contributed by atoms with van der Waals surface area (Å²) >= 11 is 0. The molecular weight excluding hydrogens is 211 g/mol. The Morgan fingerprint density at radius 3 is 2.27 bits per heavy atom. The molecule has 0 saturated heterocycles. The van der Waals surface area contributed by atoms with E-state index in [1.54, 1.807) is 6.92 Å². The van der Waals surface area contributed by atoms with Crippen LogP contribution in [0.1, 0.15) is 13.3 Å². The summed E-state index contributed by atoms with van der Waals surface area (Å²) in [5.41, 5.74) is -0.394. The molecular formula is C9H14F3NO2. The summed E-state index contributed by atoms with van der Waals surface area (Å²) in [5, 5.41) is 0. The monoisotopic (exact) mass is 225 g/mol. The number of nitrogens with zero attached hydrogens (tertiary/aromatic N) is 1. The SMILES string of the molecule is CCOC(=O)C(=CN(C)C)CC(F)(F)F. The number of halogens is 3. The maximum absolute atomic E-state index is 12.1. The molecule has 0 amide bonds. The van der Waals surface area contributed by atoms with Gasteiger partial charge in [0, 0.05) is 20.3 Å². The number of hydrogen-bond acceptors (Lipinski definition) is 3. The van der Waals surface area contributed by atoms with Crippen molar-refractivity contribution in [3.63, 3.8) is 0 Å². The number of esters is 1. The maximum atomic E-state index is 12.1. The van der Waals surface area contributed by atoms with E-state index in [4.69, 9.17) is 0 Å². The van der Waals surface area contributed by atoms with Crippen LogP contribution in [0.15, 0.2) is 11.8 Å². The molecule has 0 bridgehead atoms. The van der Waals surface area contributed by atoms with Crippen LogP contribution in [0.25, 0.3) is 0 Å². The molecule has 88 valence electrons. The van der Waals surface area contributed by atoms with Crippen LogP contribution in [-0.4, -0.2) is 37.7 Å². The third-order valence-corrected chi connectivity index (χ3v) is 1.34. The van der Waals surface area contributed by atoms with Crippen LogP contribution in [0, 0.1) is 0 Å². The smallest absolute Gasteiger partial charge is 0.393 e. The quantitative estimate of drug-likeness (QED) is 0.541. The zero-order valence-corrected chi connectivity index (χ0v) is 8.89. The Labute approximate surface area is 86.5 Å². The van der Waals surface area contributed by atoms with E-state index in [1.807, 2.05) is 0 Å². The van der Waals surface area contributed by atoms with Crippen molar-refractivity contribution in [2.24, 2.45) is 0 Å². The predicted molar refractivity (Wildman–Crippen MR) is 49.1 cm³/mol. The first-order valence-electron chi connectivity index (χ1n) is 4.37. The molecule has 0 radical (unpaired) electrons. The first-order chi connectivity index (χ1) is 6.76. The highest BCUT2D eigenvalue weighted by atomic mass is 19.4. The van der Waals surface area contributed by atoms with Gasteiger partial charge in [0.25, 0.3) is 0 Å². The lowest BCUT2D eigenvalue weighted by atomic mass is 10.2. The fourth-order valence-electron chi connectivity index (χ4n) is 0.922. The van der Waals surface area contributed by atoms with Crippen molar-refractivity contribution in [1.29, 1.82) is 0 Å². The second-order valence-corrected chi connectivity index (χ2v) is 3.13. The highest BCUT2D eigenvalue weighted by molar-refractivity contribution is 5.88. The van der Waals surface area contributed by atoms with Crippen molar-refractivity contribution < 1.29 is 22.7 Å². The Bertz CT molecular complexity index is 246. The van der Waals surface area contributed by atoms with E-state index in [9.17, 15) is 18.0 Å². The van der Waals surface area contributed by atoms with Crippen LogP contribution in [0.5, 0.6) is 0 Å². The molecule has 0 saturated carbocycles. The first-order valence-corrected chi connectivity index (χ1v) is 4.37. The van der Waals surface area contributed by atoms with Crippen molar-refractivity contribution >= 4 is 5.97 Å². The largest absolute Gasteiger partial charge is 0.463 e. The molecule has 6 heteroatoms. The molecule has 0 aliphatic heterocycles. The number of carbonyl (C=O) groups excluding carboxylic acids is 1. The molecule has 0 aliphatic rings. The van der Waals surface area contributed by atoms with Gasteiger partial charge in [-0.05, 0) is 6.92 Å². The predicted octanol–water partition coefficient (Wildman–Crippen LogP) is 1.95. The van der Waals surface area contributed by atoms with Gasteiger partial charge in [0.1, 0.15) is 0 Å². The fraction of sp³-hybridized carbons (Fsp3) is 0.667. The molecule has 0 spiro atoms. The summed E-state index contributed by atoms with van der Waals surface area (Å²) in [6.07, 6.45) is -4.57. The number of alkyl halides is 3. The molecule has 0 aromatic carbocycles. The topological polar surface area (TPSA) is 29.5 Å². The van der Waals surface area contributed by atoms with Crippen molar-refractivity contribution in [3.8, 4) is 0 Å². The Kier molecular flexibility index (Phi) is 5.18. The Morgan fingerprint density at radius 1 is 1.40 bits per heavy atom. The van der Waals surface area contributed by atoms with Crippen LogP contribution in [0.4, 0.5) is 13.2 Å². The van der Waals surface area contributed by atoms with Crippen molar-refractivity contribution in [3.05, 3.63) is 11.8 Å². The van der Waals surface area contributed by atoms with Gasteiger partial charge in [-0.1, -0.05) is 0 Å². The highest BCUT2D eigenvalue weighted by Crippen LogP contribution is 2.25. The number of rotatable bonds is 4. The van der Waals surface area contributed by atoms with Crippen molar-refractivity contribution in [2.75, 3.05) is 20.7 Å².